The van der Waals surface area contributed by atoms with Crippen molar-refractivity contribution in [1.82, 2.24) is 0 Å². The SMILES string of the molecule is Cc1ccc2c(oc3c(-c4cccc5c4CCCC5)cccc32)c1-c1cccc[n+]1C. The predicted molar refractivity (Wildman–Crippen MR) is 127 cm³/mol. The number of hydrogen-bond donors (Lipinski definition) is 0. The van der Waals surface area contributed by atoms with Crippen molar-refractivity contribution in [3.63, 3.8) is 0 Å². The Bertz CT molecular complexity index is 1460. The van der Waals surface area contributed by atoms with Crippen molar-refractivity contribution >= 4 is 21.9 Å². The van der Waals surface area contributed by atoms with Gasteiger partial charge in [0, 0.05) is 28.5 Å². The Labute approximate surface area is 182 Å². The van der Waals surface area contributed by atoms with E-state index in [0.29, 0.717) is 0 Å². The summed E-state index contributed by atoms with van der Waals surface area (Å²) in [5.41, 5.74) is 11.1. The van der Waals surface area contributed by atoms with Gasteiger partial charge in [0.15, 0.2) is 6.20 Å². The third-order valence-electron chi connectivity index (χ3n) is 6.87. The molecule has 0 spiro atoms. The van der Waals surface area contributed by atoms with Crippen molar-refractivity contribution < 1.29 is 8.98 Å². The lowest BCUT2D eigenvalue weighted by Gasteiger charge is -2.19. The molecule has 0 fully saturated rings. The number of fused-ring (bicyclic) bond motifs is 4. The number of para-hydroxylation sites is 1. The normalized spacial score (nSPS) is 13.6. The molecule has 0 N–H and O–H groups in total. The second kappa shape index (κ2) is 7.09. The summed E-state index contributed by atoms with van der Waals surface area (Å²) in [5, 5.41) is 2.38. The number of pyridine rings is 1. The summed E-state index contributed by atoms with van der Waals surface area (Å²) in [6, 6.07) is 24.1. The Hall–Kier alpha value is -3.39. The largest absolute Gasteiger partial charge is 0.454 e. The van der Waals surface area contributed by atoms with Gasteiger partial charge >= 0.3 is 0 Å². The summed E-state index contributed by atoms with van der Waals surface area (Å²) in [6.45, 7) is 2.17. The zero-order valence-electron chi connectivity index (χ0n) is 18.1. The van der Waals surface area contributed by atoms with Crippen LogP contribution in [0.25, 0.3) is 44.3 Å². The van der Waals surface area contributed by atoms with Gasteiger partial charge < -0.3 is 4.42 Å². The molecule has 2 heterocycles. The van der Waals surface area contributed by atoms with Gasteiger partial charge in [-0.15, -0.1) is 0 Å². The summed E-state index contributed by atoms with van der Waals surface area (Å²) in [6.07, 6.45) is 7.01. The lowest BCUT2D eigenvalue weighted by Crippen LogP contribution is -2.30. The maximum Gasteiger partial charge on any atom is 0.216 e. The summed E-state index contributed by atoms with van der Waals surface area (Å²) in [4.78, 5) is 0. The van der Waals surface area contributed by atoms with Crippen LogP contribution in [0.3, 0.4) is 0 Å². The predicted octanol–water partition coefficient (Wildman–Crippen LogP) is 6.93. The van der Waals surface area contributed by atoms with Gasteiger partial charge in [0.1, 0.15) is 18.2 Å². The van der Waals surface area contributed by atoms with Gasteiger partial charge in [0.25, 0.3) is 0 Å². The monoisotopic (exact) mass is 404 g/mol. The molecule has 5 aromatic rings. The van der Waals surface area contributed by atoms with E-state index in [4.69, 9.17) is 4.42 Å². The molecule has 3 aromatic carbocycles. The Morgan fingerprint density at radius 2 is 1.55 bits per heavy atom. The van der Waals surface area contributed by atoms with E-state index in [0.717, 1.165) is 17.6 Å². The molecule has 0 atom stereocenters. The highest BCUT2D eigenvalue weighted by Crippen LogP contribution is 2.42. The summed E-state index contributed by atoms with van der Waals surface area (Å²) < 4.78 is 8.91. The number of hydrogen-bond acceptors (Lipinski definition) is 1. The van der Waals surface area contributed by atoms with Crippen LogP contribution in [-0.4, -0.2) is 0 Å². The molecule has 0 unspecified atom stereocenters. The summed E-state index contributed by atoms with van der Waals surface area (Å²) in [5.74, 6) is 0. The zero-order chi connectivity index (χ0) is 20.9. The number of aromatic nitrogens is 1. The van der Waals surface area contributed by atoms with Crippen molar-refractivity contribution in [2.75, 3.05) is 0 Å². The van der Waals surface area contributed by atoms with Crippen LogP contribution in [0.15, 0.2) is 77.3 Å². The van der Waals surface area contributed by atoms with Gasteiger partial charge in [-0.1, -0.05) is 48.5 Å². The molecule has 0 bridgehead atoms. The molecule has 6 rings (SSSR count). The molecule has 2 aromatic heterocycles. The molecule has 0 aliphatic heterocycles. The first-order valence-electron chi connectivity index (χ1n) is 11.2. The second-order valence-electron chi connectivity index (χ2n) is 8.77. The number of furan rings is 1. The molecule has 31 heavy (non-hydrogen) atoms. The smallest absolute Gasteiger partial charge is 0.216 e. The fraction of sp³-hybridized carbons (Fsp3) is 0.207. The van der Waals surface area contributed by atoms with E-state index in [1.807, 2.05) is 0 Å². The molecule has 1 aliphatic rings. The van der Waals surface area contributed by atoms with Crippen LogP contribution in [0.5, 0.6) is 0 Å². The molecule has 0 saturated carbocycles. The Morgan fingerprint density at radius 3 is 2.45 bits per heavy atom. The van der Waals surface area contributed by atoms with Crippen LogP contribution < -0.4 is 4.57 Å². The van der Waals surface area contributed by atoms with Crippen molar-refractivity contribution in [1.29, 1.82) is 0 Å². The third kappa shape index (κ3) is 2.82. The van der Waals surface area contributed by atoms with Crippen LogP contribution >= 0.6 is 0 Å². The van der Waals surface area contributed by atoms with Gasteiger partial charge in [-0.3, -0.25) is 0 Å². The zero-order valence-corrected chi connectivity index (χ0v) is 18.1. The summed E-state index contributed by atoms with van der Waals surface area (Å²) in [7, 11) is 2.10. The molecule has 152 valence electrons. The van der Waals surface area contributed by atoms with Gasteiger partial charge in [-0.05, 0) is 60.9 Å². The van der Waals surface area contributed by atoms with E-state index < -0.39 is 0 Å². The van der Waals surface area contributed by atoms with Crippen LogP contribution in [0.4, 0.5) is 0 Å². The molecular formula is C29H26NO+. The van der Waals surface area contributed by atoms with Gasteiger partial charge in [-0.25, -0.2) is 4.57 Å². The Kier molecular flexibility index (Phi) is 4.21. The number of nitrogens with zero attached hydrogens (tertiary/aromatic N) is 1. The third-order valence-corrected chi connectivity index (χ3v) is 6.87. The molecule has 2 heteroatoms. The van der Waals surface area contributed by atoms with Gasteiger partial charge in [0.05, 0.1) is 5.56 Å². The first kappa shape index (κ1) is 18.4. The lowest BCUT2D eigenvalue weighted by atomic mass is 9.85. The van der Waals surface area contributed by atoms with E-state index in [-0.39, 0.29) is 0 Å². The molecular weight excluding hydrogens is 378 g/mol. The number of rotatable bonds is 2. The van der Waals surface area contributed by atoms with E-state index in [9.17, 15) is 0 Å². The van der Waals surface area contributed by atoms with Crippen LogP contribution in [-0.2, 0) is 19.9 Å². The van der Waals surface area contributed by atoms with Gasteiger partial charge in [0.2, 0.25) is 5.69 Å². The first-order valence-corrected chi connectivity index (χ1v) is 11.2. The van der Waals surface area contributed by atoms with E-state index in [1.165, 1.54) is 69.1 Å². The molecule has 0 radical (unpaired) electrons. The van der Waals surface area contributed by atoms with E-state index >= 15 is 0 Å². The van der Waals surface area contributed by atoms with Crippen LogP contribution in [0, 0.1) is 6.92 Å². The Morgan fingerprint density at radius 1 is 0.742 bits per heavy atom. The average Bonchev–Trinajstić information content (AvgIpc) is 3.18. The van der Waals surface area contributed by atoms with E-state index in [1.54, 1.807) is 0 Å². The fourth-order valence-electron chi connectivity index (χ4n) is 5.31. The van der Waals surface area contributed by atoms with Crippen LogP contribution in [0.2, 0.25) is 0 Å². The van der Waals surface area contributed by atoms with E-state index in [2.05, 4.69) is 91.5 Å². The minimum absolute atomic E-state index is 0.981. The maximum absolute atomic E-state index is 6.74. The molecule has 0 amide bonds. The highest BCUT2D eigenvalue weighted by molar-refractivity contribution is 6.13. The highest BCUT2D eigenvalue weighted by Gasteiger charge is 2.22. The quantitative estimate of drug-likeness (QED) is 0.292. The Balaban J connectivity index is 1.68. The molecule has 0 saturated heterocycles. The minimum atomic E-state index is 0.981. The second-order valence-corrected chi connectivity index (χ2v) is 8.77. The van der Waals surface area contributed by atoms with Crippen molar-refractivity contribution in [3.05, 3.63) is 89.6 Å². The van der Waals surface area contributed by atoms with Crippen molar-refractivity contribution in [2.24, 2.45) is 7.05 Å². The van der Waals surface area contributed by atoms with Crippen molar-refractivity contribution in [2.45, 2.75) is 32.6 Å². The average molecular weight is 405 g/mol. The fourth-order valence-corrected chi connectivity index (χ4v) is 5.31. The lowest BCUT2D eigenvalue weighted by molar-refractivity contribution is -0.660. The first-order chi connectivity index (χ1) is 15.2. The van der Waals surface area contributed by atoms with Gasteiger partial charge in [-0.2, -0.15) is 0 Å². The standard InChI is InChI=1S/C29H26NO/c1-19-16-17-25-24-14-8-13-23(22-12-7-10-20-9-3-4-11-21(20)22)28(24)31-29(25)27(19)26-15-5-6-18-30(26)2/h5-8,10,12-18H,3-4,9,11H2,1-2H3/q+1. The van der Waals surface area contributed by atoms with Crippen LogP contribution in [0.1, 0.15) is 29.5 Å². The molecule has 2 nitrogen and oxygen atoms in total. The summed E-state index contributed by atoms with van der Waals surface area (Å²) >= 11 is 0. The molecule has 1 aliphatic carbocycles. The highest BCUT2D eigenvalue weighted by atomic mass is 16.3. The minimum Gasteiger partial charge on any atom is -0.454 e. The number of aryl methyl sites for hydroxylation is 3. The topological polar surface area (TPSA) is 17.0 Å². The number of benzene rings is 3. The maximum atomic E-state index is 6.74. The van der Waals surface area contributed by atoms with Crippen molar-refractivity contribution in [3.8, 4) is 22.4 Å².